The zero-order valence-electron chi connectivity index (χ0n) is 19.0. The molecule has 2 amide bonds. The van der Waals surface area contributed by atoms with Gasteiger partial charge in [0.25, 0.3) is 11.8 Å². The first-order chi connectivity index (χ1) is 16.9. The molecule has 3 heterocycles. The summed E-state index contributed by atoms with van der Waals surface area (Å²) in [6.45, 7) is 1.63. The fourth-order valence-electron chi connectivity index (χ4n) is 3.97. The number of ether oxygens (including phenoxy) is 2. The summed E-state index contributed by atoms with van der Waals surface area (Å²) >= 11 is 0. The van der Waals surface area contributed by atoms with Gasteiger partial charge in [0.2, 0.25) is 0 Å². The van der Waals surface area contributed by atoms with Gasteiger partial charge in [0, 0.05) is 36.5 Å². The zero-order valence-corrected chi connectivity index (χ0v) is 19.0. The van der Waals surface area contributed by atoms with Gasteiger partial charge in [-0.3, -0.25) is 14.6 Å². The lowest BCUT2D eigenvalue weighted by atomic mass is 10.1. The van der Waals surface area contributed by atoms with Gasteiger partial charge in [0.15, 0.2) is 11.6 Å². The lowest BCUT2D eigenvalue weighted by Crippen LogP contribution is -2.49. The monoisotopic (exact) mass is 472 g/mol. The van der Waals surface area contributed by atoms with Crippen molar-refractivity contribution in [1.82, 2.24) is 15.3 Å². The van der Waals surface area contributed by atoms with Crippen molar-refractivity contribution in [3.63, 3.8) is 0 Å². The smallest absolute Gasteiger partial charge is 0.270 e. The fourth-order valence-corrected chi connectivity index (χ4v) is 3.97. The molecule has 35 heavy (non-hydrogen) atoms. The molecule has 0 aliphatic carbocycles. The first-order valence-electron chi connectivity index (χ1n) is 10.9. The van der Waals surface area contributed by atoms with E-state index >= 15 is 0 Å². The third kappa shape index (κ3) is 4.35. The van der Waals surface area contributed by atoms with E-state index in [0.29, 0.717) is 17.1 Å². The number of nitrogens with one attached hydrogen (secondary N) is 1. The van der Waals surface area contributed by atoms with Crippen LogP contribution in [0.3, 0.4) is 0 Å². The Kier molecular flexibility index (Phi) is 5.74. The van der Waals surface area contributed by atoms with Crippen molar-refractivity contribution in [3.05, 3.63) is 84.1 Å². The van der Waals surface area contributed by atoms with Gasteiger partial charge in [-0.25, -0.2) is 9.37 Å². The molecule has 4 aromatic rings. The number of para-hydroxylation sites is 1. The summed E-state index contributed by atoms with van der Waals surface area (Å²) in [5.41, 5.74) is 1.84. The number of anilines is 1. The van der Waals surface area contributed by atoms with Gasteiger partial charge in [-0.1, -0.05) is 12.1 Å². The number of likely N-dealkylation sites (N-methyl/N-ethyl adjacent to an activating group) is 1. The van der Waals surface area contributed by atoms with E-state index in [2.05, 4.69) is 15.3 Å². The van der Waals surface area contributed by atoms with E-state index in [9.17, 15) is 14.0 Å². The quantitative estimate of drug-likeness (QED) is 0.482. The number of pyridine rings is 2. The number of nitrogens with zero attached hydrogens (tertiary/aromatic N) is 3. The normalized spacial score (nSPS) is 15.2. The molecule has 0 fully saturated rings. The largest absolute Gasteiger partial charge is 0.489 e. The van der Waals surface area contributed by atoms with Gasteiger partial charge in [-0.05, 0) is 43.3 Å². The number of hydrogen-bond donors (Lipinski definition) is 1. The molecule has 5 rings (SSSR count). The molecule has 176 valence electrons. The third-order valence-electron chi connectivity index (χ3n) is 5.62. The zero-order chi connectivity index (χ0) is 24.5. The minimum atomic E-state index is -0.954. The number of fused-ring (bicyclic) bond motifs is 3. The summed E-state index contributed by atoms with van der Waals surface area (Å²) in [5, 5.41) is 3.47. The van der Waals surface area contributed by atoms with Crippen molar-refractivity contribution >= 4 is 28.4 Å². The minimum Gasteiger partial charge on any atom is -0.489 e. The highest BCUT2D eigenvalue weighted by Crippen LogP contribution is 2.37. The molecule has 2 aromatic carbocycles. The maximum absolute atomic E-state index is 14.0. The highest BCUT2D eigenvalue weighted by atomic mass is 19.1. The molecule has 8 nitrogen and oxygen atoms in total. The Morgan fingerprint density at radius 3 is 2.83 bits per heavy atom. The topological polar surface area (TPSA) is 93.7 Å². The van der Waals surface area contributed by atoms with E-state index in [1.165, 1.54) is 23.1 Å². The molecule has 0 bridgehead atoms. The molecule has 1 N–H and O–H groups in total. The van der Waals surface area contributed by atoms with E-state index in [1.807, 2.05) is 12.1 Å². The van der Waals surface area contributed by atoms with Crippen LogP contribution in [0.4, 0.5) is 10.1 Å². The van der Waals surface area contributed by atoms with Crippen molar-refractivity contribution in [2.45, 2.75) is 13.0 Å². The molecule has 0 unspecified atom stereocenters. The molecular weight excluding hydrogens is 451 g/mol. The number of carbonyl (C=O) groups is 2. The van der Waals surface area contributed by atoms with E-state index in [-0.39, 0.29) is 29.7 Å². The number of carbonyl (C=O) groups excluding carboxylic acids is 2. The summed E-state index contributed by atoms with van der Waals surface area (Å²) < 4.78 is 25.5. The van der Waals surface area contributed by atoms with Gasteiger partial charge in [-0.15, -0.1) is 0 Å². The Morgan fingerprint density at radius 1 is 1.17 bits per heavy atom. The molecule has 2 aromatic heterocycles. The predicted octanol–water partition coefficient (Wildman–Crippen LogP) is 4.02. The first kappa shape index (κ1) is 22.3. The summed E-state index contributed by atoms with van der Waals surface area (Å²) in [5.74, 6) is -0.659. The standard InChI is InChI=1S/C26H21FN4O4/c1-15-12-16(35-22-8-4-3-7-18(22)27)13-20(29-15)25(32)30-21-14-34-23-10-9-19-17(6-5-11-28-19)24(23)31(2)26(21)33/h3-13,21H,14H2,1-2H3,(H,30,32)/t21-/m0/s1. The second-order valence-corrected chi connectivity index (χ2v) is 8.08. The number of halogens is 1. The molecule has 0 radical (unpaired) electrons. The fraction of sp³-hybridized carbons (Fsp3) is 0.154. The Morgan fingerprint density at radius 2 is 2.00 bits per heavy atom. The van der Waals surface area contributed by atoms with Crippen molar-refractivity contribution < 1.29 is 23.5 Å². The summed E-state index contributed by atoms with van der Waals surface area (Å²) in [4.78, 5) is 36.4. The van der Waals surface area contributed by atoms with Gasteiger partial charge in [-0.2, -0.15) is 0 Å². The maximum Gasteiger partial charge on any atom is 0.270 e. The Bertz CT molecular complexity index is 1460. The number of amides is 2. The number of hydrogen-bond acceptors (Lipinski definition) is 6. The van der Waals surface area contributed by atoms with E-state index in [0.717, 1.165) is 10.9 Å². The van der Waals surface area contributed by atoms with Gasteiger partial charge < -0.3 is 19.7 Å². The van der Waals surface area contributed by atoms with Crippen LogP contribution in [-0.2, 0) is 4.79 Å². The van der Waals surface area contributed by atoms with E-state index in [1.54, 1.807) is 50.5 Å². The van der Waals surface area contributed by atoms with Crippen LogP contribution < -0.4 is 19.7 Å². The van der Waals surface area contributed by atoms with Crippen LogP contribution in [0.25, 0.3) is 10.9 Å². The minimum absolute atomic E-state index is 0.0258. The average molecular weight is 472 g/mol. The second kappa shape index (κ2) is 9.02. The van der Waals surface area contributed by atoms with E-state index < -0.39 is 17.8 Å². The van der Waals surface area contributed by atoms with Gasteiger partial charge >= 0.3 is 0 Å². The molecular formula is C26H21FN4O4. The van der Waals surface area contributed by atoms with Crippen molar-refractivity contribution in [3.8, 4) is 17.2 Å². The number of aromatic nitrogens is 2. The lowest BCUT2D eigenvalue weighted by molar-refractivity contribution is -0.120. The number of benzene rings is 2. The third-order valence-corrected chi connectivity index (χ3v) is 5.62. The summed E-state index contributed by atoms with van der Waals surface area (Å²) in [6, 6.07) is 15.2. The maximum atomic E-state index is 14.0. The summed E-state index contributed by atoms with van der Waals surface area (Å²) in [6.07, 6.45) is 1.68. The van der Waals surface area contributed by atoms with Crippen LogP contribution >= 0.6 is 0 Å². The van der Waals surface area contributed by atoms with Crippen molar-refractivity contribution in [1.29, 1.82) is 0 Å². The van der Waals surface area contributed by atoms with Crippen LogP contribution in [0.2, 0.25) is 0 Å². The molecule has 9 heteroatoms. The first-order valence-corrected chi connectivity index (χ1v) is 10.9. The molecule has 0 saturated carbocycles. The molecule has 1 atom stereocenters. The highest BCUT2D eigenvalue weighted by molar-refractivity contribution is 6.08. The van der Waals surface area contributed by atoms with Crippen LogP contribution in [0.1, 0.15) is 16.2 Å². The Balaban J connectivity index is 1.38. The predicted molar refractivity (Wildman–Crippen MR) is 127 cm³/mol. The van der Waals surface area contributed by atoms with Crippen molar-refractivity contribution in [2.75, 3.05) is 18.6 Å². The SMILES string of the molecule is Cc1cc(Oc2ccccc2F)cc(C(=O)N[C@H]2COc3ccc4ncccc4c3N(C)C2=O)n1. The van der Waals surface area contributed by atoms with Gasteiger partial charge in [0.1, 0.15) is 29.8 Å². The van der Waals surface area contributed by atoms with Crippen LogP contribution in [-0.4, -0.2) is 41.5 Å². The molecule has 0 saturated heterocycles. The van der Waals surface area contributed by atoms with Crippen molar-refractivity contribution in [2.24, 2.45) is 0 Å². The Hall–Kier alpha value is -4.53. The Labute approximate surface area is 200 Å². The van der Waals surface area contributed by atoms with Crippen LogP contribution in [0.15, 0.2) is 66.9 Å². The average Bonchev–Trinajstić information content (AvgIpc) is 2.97. The second-order valence-electron chi connectivity index (χ2n) is 8.08. The van der Waals surface area contributed by atoms with Gasteiger partial charge in [0.05, 0.1) is 11.2 Å². The highest BCUT2D eigenvalue weighted by Gasteiger charge is 2.32. The number of aryl methyl sites for hydroxylation is 1. The molecule has 1 aliphatic heterocycles. The lowest BCUT2D eigenvalue weighted by Gasteiger charge is -2.21. The molecule has 1 aliphatic rings. The summed E-state index contributed by atoms with van der Waals surface area (Å²) in [7, 11) is 1.63. The van der Waals surface area contributed by atoms with E-state index in [4.69, 9.17) is 9.47 Å². The molecule has 0 spiro atoms. The number of rotatable bonds is 4. The van der Waals surface area contributed by atoms with Crippen LogP contribution in [0, 0.1) is 12.7 Å². The van der Waals surface area contributed by atoms with Crippen LogP contribution in [0.5, 0.6) is 17.2 Å².